The zero-order valence-corrected chi connectivity index (χ0v) is 18.9. The predicted octanol–water partition coefficient (Wildman–Crippen LogP) is 6.52. The van der Waals surface area contributed by atoms with E-state index in [1.165, 1.54) is 37.7 Å². The van der Waals surface area contributed by atoms with E-state index >= 15 is 0 Å². The summed E-state index contributed by atoms with van der Waals surface area (Å²) in [5.41, 5.74) is 8.05. The van der Waals surface area contributed by atoms with Gasteiger partial charge in [0.25, 0.3) is 5.97 Å². The van der Waals surface area contributed by atoms with Gasteiger partial charge in [0.05, 0.1) is 6.61 Å². The number of allylic oxidation sites excluding steroid dienone is 8. The standard InChI is InChI=1S/C17H22.C8H8O2.C2H4O2/c1-17(2)12-6-11-16(17)15-9-4-3-7-13-8-5-10-14(13)15;9-7-2-1-6-3-4-10-8(6)5-7;1-2(3)4/h3,7,9,11H,4-6,8,10,12H2,1-2H3;1-2,5,9H,3-4H2;1H3,(H,3,4). The fourth-order valence-electron chi connectivity index (χ4n) is 4.67. The molecule has 2 N–H and O–H groups in total. The maximum Gasteiger partial charge on any atom is 0.300 e. The van der Waals surface area contributed by atoms with E-state index in [1.54, 1.807) is 34.4 Å². The molecule has 4 heteroatoms. The average Bonchev–Trinajstić information content (AvgIpc) is 3.40. The number of aliphatic carboxylic acids is 1. The summed E-state index contributed by atoms with van der Waals surface area (Å²) in [6.45, 7) is 6.64. The van der Waals surface area contributed by atoms with E-state index in [9.17, 15) is 0 Å². The van der Waals surface area contributed by atoms with Gasteiger partial charge in [0.15, 0.2) is 0 Å². The Hall–Kier alpha value is -2.75. The Morgan fingerprint density at radius 3 is 2.61 bits per heavy atom. The Kier molecular flexibility index (Phi) is 7.42. The van der Waals surface area contributed by atoms with Crippen LogP contribution in [0.2, 0.25) is 0 Å². The second kappa shape index (κ2) is 10.0. The first-order valence-electron chi connectivity index (χ1n) is 11.2. The predicted molar refractivity (Wildman–Crippen MR) is 124 cm³/mol. The number of fused-ring (bicyclic) bond motifs is 1. The molecule has 166 valence electrons. The van der Waals surface area contributed by atoms with Gasteiger partial charge in [-0.25, -0.2) is 0 Å². The molecule has 4 aliphatic rings. The molecular weight excluding hydrogens is 388 g/mol. The van der Waals surface area contributed by atoms with E-state index in [2.05, 4.69) is 38.2 Å². The summed E-state index contributed by atoms with van der Waals surface area (Å²) in [6, 6.07) is 5.24. The van der Waals surface area contributed by atoms with Gasteiger partial charge >= 0.3 is 0 Å². The quantitative estimate of drug-likeness (QED) is 0.541. The minimum absolute atomic E-state index is 0.278. The number of ether oxygens (including phenoxy) is 1. The number of carbonyl (C=O) groups is 1. The molecule has 0 unspecified atom stereocenters. The Bertz CT molecular complexity index is 940. The molecule has 1 aliphatic heterocycles. The highest BCUT2D eigenvalue weighted by molar-refractivity contribution is 5.63. The molecule has 1 aromatic carbocycles. The Morgan fingerprint density at radius 2 is 1.90 bits per heavy atom. The lowest BCUT2D eigenvalue weighted by Crippen LogP contribution is -2.12. The molecule has 1 heterocycles. The summed E-state index contributed by atoms with van der Waals surface area (Å²) < 4.78 is 5.22. The molecule has 0 saturated carbocycles. The van der Waals surface area contributed by atoms with Crippen LogP contribution >= 0.6 is 0 Å². The normalized spacial score (nSPS) is 20.1. The lowest BCUT2D eigenvalue weighted by molar-refractivity contribution is -0.134. The number of benzene rings is 1. The minimum atomic E-state index is -0.833. The van der Waals surface area contributed by atoms with E-state index in [0.29, 0.717) is 5.41 Å². The lowest BCUT2D eigenvalue weighted by Gasteiger charge is -2.26. The molecular formula is C27H34O4. The van der Waals surface area contributed by atoms with Crippen molar-refractivity contribution < 1.29 is 19.7 Å². The minimum Gasteiger partial charge on any atom is -0.508 e. The van der Waals surface area contributed by atoms with Crippen LogP contribution in [0.15, 0.2) is 64.8 Å². The molecule has 4 nitrogen and oxygen atoms in total. The van der Waals surface area contributed by atoms with Gasteiger partial charge in [-0.05, 0) is 77.9 Å². The summed E-state index contributed by atoms with van der Waals surface area (Å²) in [4.78, 5) is 9.00. The molecule has 0 aromatic heterocycles. The first-order chi connectivity index (χ1) is 14.8. The van der Waals surface area contributed by atoms with Crippen molar-refractivity contribution in [2.75, 3.05) is 6.61 Å². The zero-order chi connectivity index (χ0) is 22.4. The van der Waals surface area contributed by atoms with E-state index in [4.69, 9.17) is 19.7 Å². The zero-order valence-electron chi connectivity index (χ0n) is 18.9. The summed E-state index contributed by atoms with van der Waals surface area (Å²) >= 11 is 0. The maximum absolute atomic E-state index is 9.02. The number of phenolic OH excluding ortho intramolecular Hbond substituents is 1. The van der Waals surface area contributed by atoms with Crippen molar-refractivity contribution in [2.45, 2.75) is 65.7 Å². The molecule has 31 heavy (non-hydrogen) atoms. The highest BCUT2D eigenvalue weighted by Gasteiger charge is 2.32. The van der Waals surface area contributed by atoms with Crippen LogP contribution in [0.1, 0.15) is 64.9 Å². The maximum atomic E-state index is 9.02. The molecule has 0 fully saturated rings. The van der Waals surface area contributed by atoms with Gasteiger partial charge in [0.1, 0.15) is 11.5 Å². The second-order valence-electron chi connectivity index (χ2n) is 9.06. The van der Waals surface area contributed by atoms with Crippen molar-refractivity contribution in [3.63, 3.8) is 0 Å². The van der Waals surface area contributed by atoms with Crippen LogP contribution in [-0.2, 0) is 11.2 Å². The Labute approximate surface area is 185 Å². The molecule has 0 bridgehead atoms. The number of phenols is 1. The van der Waals surface area contributed by atoms with Crippen LogP contribution in [0.5, 0.6) is 11.5 Å². The summed E-state index contributed by atoms with van der Waals surface area (Å²) in [5, 5.41) is 16.4. The van der Waals surface area contributed by atoms with Crippen LogP contribution in [-0.4, -0.2) is 22.8 Å². The number of rotatable bonds is 1. The van der Waals surface area contributed by atoms with E-state index in [-0.39, 0.29) is 5.75 Å². The SMILES string of the molecule is CC(=O)O.CC1(C)CCC=C1C1=CCC=CC2=C1CCC2.Oc1ccc2c(c1)OCC2. The van der Waals surface area contributed by atoms with Gasteiger partial charge in [-0.1, -0.05) is 44.2 Å². The summed E-state index contributed by atoms with van der Waals surface area (Å²) in [6.07, 6.45) is 18.2. The molecule has 3 aliphatic carbocycles. The van der Waals surface area contributed by atoms with Gasteiger partial charge in [-0.2, -0.15) is 0 Å². The van der Waals surface area contributed by atoms with Gasteiger partial charge in [-0.15, -0.1) is 0 Å². The van der Waals surface area contributed by atoms with E-state index in [1.807, 2.05) is 6.07 Å². The molecule has 0 atom stereocenters. The van der Waals surface area contributed by atoms with Gasteiger partial charge in [-0.3, -0.25) is 4.79 Å². The van der Waals surface area contributed by atoms with E-state index < -0.39 is 5.97 Å². The molecule has 0 saturated heterocycles. The van der Waals surface area contributed by atoms with Crippen molar-refractivity contribution >= 4 is 5.97 Å². The highest BCUT2D eigenvalue weighted by atomic mass is 16.5. The fourth-order valence-corrected chi connectivity index (χ4v) is 4.67. The Balaban J connectivity index is 0.000000164. The van der Waals surface area contributed by atoms with Gasteiger partial charge in [0.2, 0.25) is 0 Å². The summed E-state index contributed by atoms with van der Waals surface area (Å²) in [5.74, 6) is 0.278. The molecule has 0 amide bonds. The fraction of sp³-hybridized carbons (Fsp3) is 0.444. The van der Waals surface area contributed by atoms with Crippen LogP contribution in [0.25, 0.3) is 0 Å². The summed E-state index contributed by atoms with van der Waals surface area (Å²) in [7, 11) is 0. The van der Waals surface area contributed by atoms with Crippen LogP contribution in [0, 0.1) is 5.41 Å². The van der Waals surface area contributed by atoms with Crippen molar-refractivity contribution in [2.24, 2.45) is 5.41 Å². The van der Waals surface area contributed by atoms with Gasteiger partial charge < -0.3 is 14.9 Å². The number of aromatic hydroxyl groups is 1. The third kappa shape index (κ3) is 5.90. The first kappa shape index (κ1) is 22.9. The van der Waals surface area contributed by atoms with Crippen molar-refractivity contribution in [1.82, 2.24) is 0 Å². The van der Waals surface area contributed by atoms with Crippen molar-refractivity contribution in [3.8, 4) is 11.5 Å². The smallest absolute Gasteiger partial charge is 0.300 e. The van der Waals surface area contributed by atoms with E-state index in [0.717, 1.165) is 32.1 Å². The Morgan fingerprint density at radius 1 is 1.13 bits per heavy atom. The van der Waals surface area contributed by atoms with Gasteiger partial charge in [0, 0.05) is 19.4 Å². The third-order valence-corrected chi connectivity index (χ3v) is 6.18. The monoisotopic (exact) mass is 422 g/mol. The largest absolute Gasteiger partial charge is 0.508 e. The number of hydrogen-bond acceptors (Lipinski definition) is 3. The molecule has 5 rings (SSSR count). The first-order valence-corrected chi connectivity index (χ1v) is 11.2. The van der Waals surface area contributed by atoms with Crippen LogP contribution in [0.3, 0.4) is 0 Å². The second-order valence-corrected chi connectivity index (χ2v) is 9.06. The number of carboxylic acid groups (broad SMARTS) is 1. The third-order valence-electron chi connectivity index (χ3n) is 6.18. The average molecular weight is 423 g/mol. The number of hydrogen-bond donors (Lipinski definition) is 2. The highest BCUT2D eigenvalue weighted by Crippen LogP contribution is 2.47. The van der Waals surface area contributed by atoms with Crippen molar-refractivity contribution in [3.05, 3.63) is 70.4 Å². The molecule has 0 spiro atoms. The van der Waals surface area contributed by atoms with Crippen LogP contribution < -0.4 is 4.74 Å². The topological polar surface area (TPSA) is 66.8 Å². The lowest BCUT2D eigenvalue weighted by atomic mass is 9.79. The van der Waals surface area contributed by atoms with Crippen LogP contribution in [0.4, 0.5) is 0 Å². The molecule has 0 radical (unpaired) electrons. The molecule has 1 aromatic rings. The number of carboxylic acids is 1. The van der Waals surface area contributed by atoms with Crippen molar-refractivity contribution in [1.29, 1.82) is 0 Å².